The van der Waals surface area contributed by atoms with Crippen molar-refractivity contribution in [3.8, 4) is 0 Å². The molecule has 0 amide bonds. The fourth-order valence-electron chi connectivity index (χ4n) is 2.51. The van der Waals surface area contributed by atoms with Gasteiger partial charge in [0, 0.05) is 13.2 Å². The molecule has 72 valence electrons. The fraction of sp³-hybridized carbons (Fsp3) is 1.00. The highest BCUT2D eigenvalue weighted by Crippen LogP contribution is 2.30. The van der Waals surface area contributed by atoms with Gasteiger partial charge in [0.1, 0.15) is 0 Å². The van der Waals surface area contributed by atoms with Crippen LogP contribution in [0.4, 0.5) is 0 Å². The highest BCUT2D eigenvalue weighted by atomic mass is 16.5. The van der Waals surface area contributed by atoms with Crippen molar-refractivity contribution in [1.29, 1.82) is 0 Å². The van der Waals surface area contributed by atoms with Gasteiger partial charge in [-0.1, -0.05) is 13.8 Å². The topological polar surface area (TPSA) is 21.3 Å². The predicted octanol–water partition coefficient (Wildman–Crippen LogP) is 1.66. The van der Waals surface area contributed by atoms with Gasteiger partial charge in [-0.05, 0) is 31.7 Å². The quantitative estimate of drug-likeness (QED) is 0.682. The van der Waals surface area contributed by atoms with Gasteiger partial charge >= 0.3 is 0 Å². The first-order chi connectivity index (χ1) is 5.69. The molecule has 0 saturated heterocycles. The van der Waals surface area contributed by atoms with E-state index in [0.717, 1.165) is 5.92 Å². The zero-order valence-electron chi connectivity index (χ0n) is 8.63. The summed E-state index contributed by atoms with van der Waals surface area (Å²) in [5.41, 5.74) is 0. The Bertz CT molecular complexity index is 138. The fourth-order valence-corrected chi connectivity index (χ4v) is 2.51. The summed E-state index contributed by atoms with van der Waals surface area (Å²) >= 11 is 0. The number of hydrogen-bond acceptors (Lipinski definition) is 2. The molecule has 2 heteroatoms. The number of methoxy groups -OCH3 is 1. The smallest absolute Gasteiger partial charge is 0.0749 e. The Labute approximate surface area is 75.7 Å². The molecule has 4 atom stereocenters. The van der Waals surface area contributed by atoms with Crippen molar-refractivity contribution >= 4 is 0 Å². The number of likely N-dealkylation sites (N-methyl/N-ethyl adjacent to an activating group) is 1. The lowest BCUT2D eigenvalue weighted by atomic mass is 9.78. The molecule has 1 N–H and O–H groups in total. The monoisotopic (exact) mass is 171 g/mol. The first-order valence-corrected chi connectivity index (χ1v) is 4.89. The van der Waals surface area contributed by atoms with E-state index in [0.29, 0.717) is 18.1 Å². The van der Waals surface area contributed by atoms with Crippen LogP contribution in [-0.2, 0) is 4.74 Å². The summed E-state index contributed by atoms with van der Waals surface area (Å²) in [6, 6.07) is 0.550. The molecule has 12 heavy (non-hydrogen) atoms. The maximum absolute atomic E-state index is 5.49. The maximum atomic E-state index is 5.49. The Morgan fingerprint density at radius 3 is 2.42 bits per heavy atom. The van der Waals surface area contributed by atoms with Gasteiger partial charge in [-0.3, -0.25) is 0 Å². The Balaban J connectivity index is 2.56. The zero-order chi connectivity index (χ0) is 9.14. The number of rotatable bonds is 2. The van der Waals surface area contributed by atoms with Crippen LogP contribution in [-0.4, -0.2) is 26.3 Å². The van der Waals surface area contributed by atoms with E-state index in [1.165, 1.54) is 12.8 Å². The minimum atomic E-state index is 0.409. The van der Waals surface area contributed by atoms with Crippen molar-refractivity contribution < 1.29 is 4.74 Å². The van der Waals surface area contributed by atoms with Gasteiger partial charge in [0.25, 0.3) is 0 Å². The Morgan fingerprint density at radius 2 is 1.92 bits per heavy atom. The Hall–Kier alpha value is -0.0800. The van der Waals surface area contributed by atoms with Crippen molar-refractivity contribution in [3.63, 3.8) is 0 Å². The lowest BCUT2D eigenvalue weighted by Crippen LogP contribution is -2.47. The lowest BCUT2D eigenvalue weighted by Gasteiger charge is -2.38. The van der Waals surface area contributed by atoms with E-state index >= 15 is 0 Å². The largest absolute Gasteiger partial charge is 0.380 e. The predicted molar refractivity (Wildman–Crippen MR) is 51.2 cm³/mol. The Kier molecular flexibility index (Phi) is 3.53. The van der Waals surface area contributed by atoms with E-state index < -0.39 is 0 Å². The van der Waals surface area contributed by atoms with Crippen LogP contribution in [0.2, 0.25) is 0 Å². The molecule has 0 spiro atoms. The van der Waals surface area contributed by atoms with Gasteiger partial charge in [-0.15, -0.1) is 0 Å². The second-order valence-electron chi connectivity index (χ2n) is 4.15. The van der Waals surface area contributed by atoms with Gasteiger partial charge < -0.3 is 10.1 Å². The molecular weight excluding hydrogens is 150 g/mol. The van der Waals surface area contributed by atoms with Crippen molar-refractivity contribution in [2.75, 3.05) is 14.2 Å². The molecule has 0 heterocycles. The summed E-state index contributed by atoms with van der Waals surface area (Å²) in [5.74, 6) is 1.53. The highest BCUT2D eigenvalue weighted by Gasteiger charge is 2.32. The molecule has 1 fully saturated rings. The SMILES string of the molecule is CNC1CC(C)CC(C)C1OC. The average Bonchev–Trinajstić information content (AvgIpc) is 2.03. The molecule has 0 aromatic rings. The van der Waals surface area contributed by atoms with Crippen LogP contribution in [0.1, 0.15) is 26.7 Å². The van der Waals surface area contributed by atoms with Crippen LogP contribution in [0.25, 0.3) is 0 Å². The minimum Gasteiger partial charge on any atom is -0.380 e. The molecule has 0 aliphatic heterocycles. The van der Waals surface area contributed by atoms with Crippen LogP contribution in [0.3, 0.4) is 0 Å². The van der Waals surface area contributed by atoms with Gasteiger partial charge in [0.15, 0.2) is 0 Å². The van der Waals surface area contributed by atoms with Crippen molar-refractivity contribution in [2.45, 2.75) is 38.8 Å². The van der Waals surface area contributed by atoms with Crippen LogP contribution < -0.4 is 5.32 Å². The summed E-state index contributed by atoms with van der Waals surface area (Å²) in [5, 5.41) is 3.34. The van der Waals surface area contributed by atoms with Crippen molar-refractivity contribution in [2.24, 2.45) is 11.8 Å². The van der Waals surface area contributed by atoms with Crippen molar-refractivity contribution in [1.82, 2.24) is 5.32 Å². The molecule has 2 nitrogen and oxygen atoms in total. The molecular formula is C10H21NO. The molecule has 1 aliphatic rings. The summed E-state index contributed by atoms with van der Waals surface area (Å²) in [4.78, 5) is 0. The number of ether oxygens (including phenoxy) is 1. The van der Waals surface area contributed by atoms with Gasteiger partial charge in [0.2, 0.25) is 0 Å². The lowest BCUT2D eigenvalue weighted by molar-refractivity contribution is -0.00679. The normalized spacial score (nSPS) is 43.0. The second-order valence-corrected chi connectivity index (χ2v) is 4.15. The molecule has 0 radical (unpaired) electrons. The minimum absolute atomic E-state index is 0.409. The summed E-state index contributed by atoms with van der Waals surface area (Å²) in [6.07, 6.45) is 2.96. The molecule has 4 unspecified atom stereocenters. The number of hydrogen-bond donors (Lipinski definition) is 1. The maximum Gasteiger partial charge on any atom is 0.0749 e. The van der Waals surface area contributed by atoms with Crippen LogP contribution in [0.15, 0.2) is 0 Å². The molecule has 1 saturated carbocycles. The summed E-state index contributed by atoms with van der Waals surface area (Å²) < 4.78 is 5.49. The van der Waals surface area contributed by atoms with Crippen molar-refractivity contribution in [3.05, 3.63) is 0 Å². The summed E-state index contributed by atoms with van der Waals surface area (Å²) in [7, 11) is 3.85. The van der Waals surface area contributed by atoms with E-state index in [-0.39, 0.29) is 0 Å². The third-order valence-corrected chi connectivity index (χ3v) is 3.03. The van der Waals surface area contributed by atoms with E-state index in [2.05, 4.69) is 19.2 Å². The van der Waals surface area contributed by atoms with E-state index in [9.17, 15) is 0 Å². The molecule has 1 rings (SSSR count). The Morgan fingerprint density at radius 1 is 1.25 bits per heavy atom. The first kappa shape index (κ1) is 10.0. The molecule has 1 aliphatic carbocycles. The van der Waals surface area contributed by atoms with E-state index in [4.69, 9.17) is 4.74 Å². The van der Waals surface area contributed by atoms with Crippen LogP contribution in [0, 0.1) is 11.8 Å². The second kappa shape index (κ2) is 4.24. The zero-order valence-corrected chi connectivity index (χ0v) is 8.63. The first-order valence-electron chi connectivity index (χ1n) is 4.89. The highest BCUT2D eigenvalue weighted by molar-refractivity contribution is 4.87. The van der Waals surface area contributed by atoms with E-state index in [1.807, 2.05) is 14.2 Å². The standard InChI is InChI=1S/C10H21NO/c1-7-5-8(2)10(12-4)9(6-7)11-3/h7-11H,5-6H2,1-4H3. The molecule has 0 aromatic heterocycles. The molecule has 0 aromatic carbocycles. The number of nitrogens with one attached hydrogen (secondary N) is 1. The van der Waals surface area contributed by atoms with Gasteiger partial charge in [-0.2, -0.15) is 0 Å². The van der Waals surface area contributed by atoms with Crippen LogP contribution >= 0.6 is 0 Å². The molecule has 0 bridgehead atoms. The van der Waals surface area contributed by atoms with Crippen LogP contribution in [0.5, 0.6) is 0 Å². The summed E-state index contributed by atoms with van der Waals surface area (Å²) in [6.45, 7) is 4.61. The van der Waals surface area contributed by atoms with E-state index in [1.54, 1.807) is 0 Å². The third kappa shape index (κ3) is 1.99. The van der Waals surface area contributed by atoms with Gasteiger partial charge in [0.05, 0.1) is 6.10 Å². The third-order valence-electron chi connectivity index (χ3n) is 3.03. The van der Waals surface area contributed by atoms with Gasteiger partial charge in [-0.25, -0.2) is 0 Å². The average molecular weight is 171 g/mol.